The molecule has 160 valence electrons. The van der Waals surface area contributed by atoms with E-state index in [1.165, 1.54) is 0 Å². The lowest BCUT2D eigenvalue weighted by Gasteiger charge is -2.17. The molecule has 0 aliphatic carbocycles. The van der Waals surface area contributed by atoms with Crippen molar-refractivity contribution in [1.82, 2.24) is 15.0 Å². The molecule has 0 saturated carbocycles. The topological polar surface area (TPSA) is 99.6 Å². The van der Waals surface area contributed by atoms with Crippen molar-refractivity contribution in [2.24, 2.45) is 5.73 Å². The number of aromatic amines is 2. The highest BCUT2D eigenvalue weighted by Crippen LogP contribution is 2.32. The van der Waals surface area contributed by atoms with Crippen LogP contribution in [-0.2, 0) is 6.42 Å². The lowest BCUT2D eigenvalue weighted by atomic mass is 10.1. The number of nitrogens with two attached hydrogens (primary N) is 1. The molecule has 2 heterocycles. The molecule has 0 radical (unpaired) electrons. The summed E-state index contributed by atoms with van der Waals surface area (Å²) in [6, 6.07) is 23.0. The SMILES string of the molecule is N[C@H](CNc1c(-c2nc3ccccc3[nH]2)c(=O)[nH]c2ccc(Cl)cc12)Cc1ccccc1. The van der Waals surface area contributed by atoms with Gasteiger partial charge in [-0.05, 0) is 42.3 Å². The van der Waals surface area contributed by atoms with Crippen LogP contribution >= 0.6 is 11.6 Å². The van der Waals surface area contributed by atoms with Crippen LogP contribution in [0.3, 0.4) is 0 Å². The van der Waals surface area contributed by atoms with Gasteiger partial charge in [0.15, 0.2) is 0 Å². The van der Waals surface area contributed by atoms with Crippen LogP contribution in [0.4, 0.5) is 5.69 Å². The number of imidazole rings is 1. The zero-order valence-electron chi connectivity index (χ0n) is 17.2. The number of benzene rings is 3. The molecule has 0 amide bonds. The number of pyridine rings is 1. The number of nitrogens with zero attached hydrogens (tertiary/aromatic N) is 1. The van der Waals surface area contributed by atoms with E-state index in [2.05, 4.69) is 32.4 Å². The van der Waals surface area contributed by atoms with Crippen LogP contribution in [-0.4, -0.2) is 27.5 Å². The van der Waals surface area contributed by atoms with Crippen molar-refractivity contribution in [1.29, 1.82) is 0 Å². The number of para-hydroxylation sites is 2. The number of halogens is 1. The Bertz CT molecular complexity index is 1430. The second-order valence-electron chi connectivity index (χ2n) is 7.83. The molecule has 6 nitrogen and oxygen atoms in total. The van der Waals surface area contributed by atoms with Gasteiger partial charge in [0.2, 0.25) is 0 Å². The van der Waals surface area contributed by atoms with Crippen molar-refractivity contribution in [3.63, 3.8) is 0 Å². The van der Waals surface area contributed by atoms with Crippen molar-refractivity contribution in [3.8, 4) is 11.4 Å². The number of H-pyrrole nitrogens is 2. The van der Waals surface area contributed by atoms with Gasteiger partial charge in [0.1, 0.15) is 11.4 Å². The first-order valence-electron chi connectivity index (χ1n) is 10.4. The molecule has 7 heteroatoms. The molecule has 0 saturated heterocycles. The van der Waals surface area contributed by atoms with Gasteiger partial charge in [-0.2, -0.15) is 0 Å². The predicted molar refractivity (Wildman–Crippen MR) is 131 cm³/mol. The van der Waals surface area contributed by atoms with Crippen molar-refractivity contribution in [3.05, 3.63) is 93.7 Å². The highest BCUT2D eigenvalue weighted by atomic mass is 35.5. The Morgan fingerprint density at radius 1 is 0.969 bits per heavy atom. The number of hydrogen-bond acceptors (Lipinski definition) is 4. The summed E-state index contributed by atoms with van der Waals surface area (Å²) >= 11 is 6.30. The van der Waals surface area contributed by atoms with E-state index in [-0.39, 0.29) is 11.6 Å². The fourth-order valence-electron chi connectivity index (χ4n) is 3.97. The highest BCUT2D eigenvalue weighted by molar-refractivity contribution is 6.31. The summed E-state index contributed by atoms with van der Waals surface area (Å²) in [5, 5.41) is 4.81. The van der Waals surface area contributed by atoms with Gasteiger partial charge in [-0.1, -0.05) is 54.1 Å². The van der Waals surface area contributed by atoms with Gasteiger partial charge in [-0.15, -0.1) is 0 Å². The maximum Gasteiger partial charge on any atom is 0.261 e. The zero-order chi connectivity index (χ0) is 22.1. The summed E-state index contributed by atoms with van der Waals surface area (Å²) in [7, 11) is 0. The van der Waals surface area contributed by atoms with Crippen LogP contribution in [0.25, 0.3) is 33.3 Å². The molecule has 2 aromatic heterocycles. The summed E-state index contributed by atoms with van der Waals surface area (Å²) in [4.78, 5) is 24.0. The summed E-state index contributed by atoms with van der Waals surface area (Å²) in [5.74, 6) is 0.494. The quantitative estimate of drug-likeness (QED) is 0.305. The second kappa shape index (κ2) is 8.49. The minimum absolute atomic E-state index is 0.144. The molecular formula is C25H22ClN5O. The minimum Gasteiger partial charge on any atom is -0.382 e. The Morgan fingerprint density at radius 3 is 2.56 bits per heavy atom. The predicted octanol–water partition coefficient (Wildman–Crippen LogP) is 4.71. The van der Waals surface area contributed by atoms with E-state index in [0.717, 1.165) is 28.4 Å². The summed E-state index contributed by atoms with van der Waals surface area (Å²) in [5.41, 5.74) is 10.8. The van der Waals surface area contributed by atoms with E-state index in [4.69, 9.17) is 17.3 Å². The first-order valence-corrected chi connectivity index (χ1v) is 10.8. The molecule has 0 unspecified atom stereocenters. The largest absolute Gasteiger partial charge is 0.382 e. The Hall–Kier alpha value is -3.61. The van der Waals surface area contributed by atoms with Crippen molar-refractivity contribution in [2.75, 3.05) is 11.9 Å². The Kier molecular flexibility index (Phi) is 5.39. The smallest absolute Gasteiger partial charge is 0.261 e. The highest BCUT2D eigenvalue weighted by Gasteiger charge is 2.19. The summed E-state index contributed by atoms with van der Waals surface area (Å²) in [6.07, 6.45) is 0.718. The average Bonchev–Trinajstić information content (AvgIpc) is 3.22. The molecule has 5 N–H and O–H groups in total. The van der Waals surface area contributed by atoms with Crippen LogP contribution in [0, 0.1) is 0 Å². The van der Waals surface area contributed by atoms with Crippen LogP contribution in [0.15, 0.2) is 77.6 Å². The Morgan fingerprint density at radius 2 is 1.75 bits per heavy atom. The first-order chi connectivity index (χ1) is 15.6. The molecule has 5 aromatic rings. The van der Waals surface area contributed by atoms with Crippen LogP contribution < -0.4 is 16.6 Å². The fraction of sp³-hybridized carbons (Fsp3) is 0.120. The van der Waals surface area contributed by atoms with Crippen molar-refractivity contribution < 1.29 is 0 Å². The fourth-order valence-corrected chi connectivity index (χ4v) is 4.14. The van der Waals surface area contributed by atoms with Crippen LogP contribution in [0.1, 0.15) is 5.56 Å². The van der Waals surface area contributed by atoms with Gasteiger partial charge in [0, 0.05) is 23.0 Å². The van der Waals surface area contributed by atoms with Gasteiger partial charge in [0.25, 0.3) is 5.56 Å². The summed E-state index contributed by atoms with van der Waals surface area (Å²) < 4.78 is 0. The van der Waals surface area contributed by atoms with Gasteiger partial charge in [-0.25, -0.2) is 4.98 Å². The lowest BCUT2D eigenvalue weighted by molar-refractivity contribution is 0.700. The number of fused-ring (bicyclic) bond motifs is 2. The molecule has 0 aliphatic heterocycles. The van der Waals surface area contributed by atoms with Gasteiger partial charge < -0.3 is 21.0 Å². The standard InChI is InChI=1S/C25H22ClN5O/c26-16-10-11-19-18(13-16)23(28-14-17(27)12-15-6-2-1-3-7-15)22(25(32)31-19)24-29-20-8-4-5-9-21(20)30-24/h1-11,13,17H,12,14,27H2,(H,29,30)(H2,28,31,32)/t17-/m0/s1. The van der Waals surface area contributed by atoms with E-state index >= 15 is 0 Å². The first kappa shape index (κ1) is 20.3. The normalized spacial score (nSPS) is 12.3. The monoisotopic (exact) mass is 443 g/mol. The molecule has 1 atom stereocenters. The number of hydrogen-bond donors (Lipinski definition) is 4. The molecule has 5 rings (SSSR count). The number of nitrogens with one attached hydrogen (secondary N) is 3. The zero-order valence-corrected chi connectivity index (χ0v) is 18.0. The van der Waals surface area contributed by atoms with E-state index in [1.807, 2.05) is 48.5 Å². The van der Waals surface area contributed by atoms with E-state index in [0.29, 0.717) is 34.2 Å². The Labute approximate surface area is 189 Å². The van der Waals surface area contributed by atoms with Gasteiger partial charge in [0.05, 0.1) is 22.2 Å². The Balaban J connectivity index is 1.57. The number of rotatable bonds is 6. The molecule has 32 heavy (non-hydrogen) atoms. The third-order valence-electron chi connectivity index (χ3n) is 5.48. The third kappa shape index (κ3) is 3.98. The average molecular weight is 444 g/mol. The summed E-state index contributed by atoms with van der Waals surface area (Å²) in [6.45, 7) is 0.479. The minimum atomic E-state index is -0.238. The number of anilines is 1. The van der Waals surface area contributed by atoms with Crippen LogP contribution in [0.2, 0.25) is 5.02 Å². The van der Waals surface area contributed by atoms with E-state index < -0.39 is 0 Å². The molecule has 0 bridgehead atoms. The maximum absolute atomic E-state index is 13.1. The number of aromatic nitrogens is 3. The molecule has 3 aromatic carbocycles. The van der Waals surface area contributed by atoms with E-state index in [1.54, 1.807) is 12.1 Å². The van der Waals surface area contributed by atoms with Crippen LogP contribution in [0.5, 0.6) is 0 Å². The second-order valence-corrected chi connectivity index (χ2v) is 8.26. The molecular weight excluding hydrogens is 422 g/mol. The maximum atomic E-state index is 13.1. The molecule has 0 fully saturated rings. The third-order valence-corrected chi connectivity index (χ3v) is 5.72. The van der Waals surface area contributed by atoms with Gasteiger partial charge >= 0.3 is 0 Å². The van der Waals surface area contributed by atoms with Crippen molar-refractivity contribution in [2.45, 2.75) is 12.5 Å². The van der Waals surface area contributed by atoms with Gasteiger partial charge in [-0.3, -0.25) is 4.79 Å². The van der Waals surface area contributed by atoms with Crippen molar-refractivity contribution >= 4 is 39.2 Å². The lowest BCUT2D eigenvalue weighted by Crippen LogP contribution is -2.32. The molecule has 0 aliphatic rings. The van der Waals surface area contributed by atoms with E-state index in [9.17, 15) is 4.79 Å². The molecule has 0 spiro atoms.